The van der Waals surface area contributed by atoms with Gasteiger partial charge in [-0.25, -0.2) is 0 Å². The van der Waals surface area contributed by atoms with Crippen molar-refractivity contribution in [3.05, 3.63) is 364 Å². The summed E-state index contributed by atoms with van der Waals surface area (Å²) in [6.07, 6.45) is 0. The Morgan fingerprint density at radius 3 is 0.796 bits per heavy atom. The molecule has 0 aliphatic carbocycles. The van der Waals surface area contributed by atoms with Crippen molar-refractivity contribution in [3.63, 3.8) is 0 Å². The van der Waals surface area contributed by atoms with Crippen molar-refractivity contribution in [1.82, 2.24) is 0 Å². The van der Waals surface area contributed by atoms with Crippen molar-refractivity contribution in [1.29, 1.82) is 0 Å². The molecule has 0 spiro atoms. The fraction of sp³-hybridized carbons (Fsp3) is 0. The molecule has 0 unspecified atom stereocenters. The van der Waals surface area contributed by atoms with Crippen LogP contribution in [0.4, 0.5) is 68.2 Å². The van der Waals surface area contributed by atoms with Gasteiger partial charge in [0.25, 0.3) is 0 Å². The summed E-state index contributed by atoms with van der Waals surface area (Å²) >= 11 is 7.44. The van der Waals surface area contributed by atoms with E-state index >= 15 is 0 Å². The van der Waals surface area contributed by atoms with Gasteiger partial charge in [-0.1, -0.05) is 206 Å². The van der Waals surface area contributed by atoms with Gasteiger partial charge in [0.05, 0.1) is 11.4 Å². The van der Waals surface area contributed by atoms with Crippen LogP contribution in [0.2, 0.25) is 0 Å². The lowest BCUT2D eigenvalue weighted by Crippen LogP contribution is -2.10. The van der Waals surface area contributed by atoms with Crippen LogP contribution in [0.5, 0.6) is 0 Å². The van der Waals surface area contributed by atoms with Gasteiger partial charge in [-0.15, -0.1) is 45.3 Å². The molecule has 19 aromatic rings. The maximum absolute atomic E-state index is 2.43. The van der Waals surface area contributed by atoms with Crippen molar-refractivity contribution in [2.24, 2.45) is 0 Å². The van der Waals surface area contributed by atoms with Crippen LogP contribution in [-0.2, 0) is 0 Å². The standard InChI is InChI=1S/C48H32N2S2.C42H28N2S2/c1-4-13-33(14-5-1)34-23-25-37(26-24-34)49(35-15-6-2-7-16-35)38-28-30-42-47(31-38)52-45-22-12-20-43(48(42)45)50(36-17-8-3-9-18-36)39-27-29-41-40-19-10-11-21-44(40)51-46(41)32-39;1-4-13-29(14-5-1)43(30-15-6-2-7-16-30)32-24-26-36-41(27-32)46-39-22-12-20-37(42(36)39)44(31-17-8-3-9-18-31)33-23-25-35-34-19-10-11-21-38(34)45-40(35)28-33/h1-32H;1-28H. The minimum Gasteiger partial charge on any atom is -0.310 e. The third-order valence-electron chi connectivity index (χ3n) is 18.5. The summed E-state index contributed by atoms with van der Waals surface area (Å²) in [4.78, 5) is 9.54. The Morgan fingerprint density at radius 2 is 0.408 bits per heavy atom. The molecule has 464 valence electrons. The molecule has 98 heavy (non-hydrogen) atoms. The van der Waals surface area contributed by atoms with Crippen LogP contribution in [0.25, 0.3) is 91.8 Å². The molecule has 0 saturated heterocycles. The molecule has 15 aromatic carbocycles. The summed E-state index contributed by atoms with van der Waals surface area (Å²) in [5.41, 5.74) is 16.2. The average molecular weight is 1330 g/mol. The summed E-state index contributed by atoms with van der Waals surface area (Å²) in [6.45, 7) is 0. The van der Waals surface area contributed by atoms with Gasteiger partial charge in [-0.3, -0.25) is 0 Å². The minimum absolute atomic E-state index is 1.12. The molecule has 4 nitrogen and oxygen atoms in total. The van der Waals surface area contributed by atoms with Crippen LogP contribution in [0.15, 0.2) is 364 Å². The Kier molecular flexibility index (Phi) is 15.3. The molecule has 19 rings (SSSR count). The minimum atomic E-state index is 1.12. The molecule has 0 atom stereocenters. The van der Waals surface area contributed by atoms with Gasteiger partial charge in [0.15, 0.2) is 0 Å². The van der Waals surface area contributed by atoms with Crippen LogP contribution in [0.3, 0.4) is 0 Å². The third kappa shape index (κ3) is 10.9. The van der Waals surface area contributed by atoms with Gasteiger partial charge in [-0.05, 0) is 169 Å². The van der Waals surface area contributed by atoms with Crippen LogP contribution in [-0.4, -0.2) is 0 Å². The highest BCUT2D eigenvalue weighted by Crippen LogP contribution is 2.51. The summed E-state index contributed by atoms with van der Waals surface area (Å²) in [5, 5.41) is 10.3. The topological polar surface area (TPSA) is 13.0 Å². The maximum Gasteiger partial charge on any atom is 0.0554 e. The second-order valence-corrected chi connectivity index (χ2v) is 28.7. The van der Waals surface area contributed by atoms with E-state index in [1.165, 1.54) is 103 Å². The number of hydrogen-bond donors (Lipinski definition) is 0. The Bertz CT molecular complexity index is 6030. The smallest absolute Gasteiger partial charge is 0.0554 e. The number of hydrogen-bond acceptors (Lipinski definition) is 8. The number of anilines is 12. The van der Waals surface area contributed by atoms with Crippen LogP contribution in [0.1, 0.15) is 0 Å². The lowest BCUT2D eigenvalue weighted by Gasteiger charge is -2.27. The lowest BCUT2D eigenvalue weighted by atomic mass is 10.0. The molecule has 0 aliphatic heterocycles. The first-order valence-electron chi connectivity index (χ1n) is 32.9. The van der Waals surface area contributed by atoms with Gasteiger partial charge < -0.3 is 19.6 Å². The van der Waals surface area contributed by atoms with E-state index in [0.717, 1.165) is 56.9 Å². The SMILES string of the molecule is c1ccc(-c2ccc(N(c3ccccc3)c3ccc4c(c3)sc3cccc(N(c5ccccc5)c5ccc6c(c5)sc5ccccc56)c34)cc2)cc1.c1ccc(N(c2ccccc2)c2ccc3c(c2)sc2cccc(N(c4ccccc4)c4ccc5c(c4)sc4ccccc45)c23)cc1. The number of fused-ring (bicyclic) bond motifs is 12. The Hall–Kier alpha value is -11.6. The molecule has 8 heteroatoms. The quantitative estimate of drug-likeness (QED) is 0.114. The van der Waals surface area contributed by atoms with Gasteiger partial charge in [0, 0.05) is 138 Å². The third-order valence-corrected chi connectivity index (χ3v) is 23.0. The summed E-state index contributed by atoms with van der Waals surface area (Å²) in [7, 11) is 0. The molecule has 4 aromatic heterocycles. The zero-order valence-electron chi connectivity index (χ0n) is 53.1. The largest absolute Gasteiger partial charge is 0.310 e. The zero-order chi connectivity index (χ0) is 64.9. The normalized spacial score (nSPS) is 11.5. The first-order valence-corrected chi connectivity index (χ1v) is 36.2. The van der Waals surface area contributed by atoms with E-state index in [4.69, 9.17) is 0 Å². The molecule has 4 heterocycles. The number of thiophene rings is 4. The van der Waals surface area contributed by atoms with Gasteiger partial charge >= 0.3 is 0 Å². The van der Waals surface area contributed by atoms with Crippen molar-refractivity contribution in [3.8, 4) is 11.1 Å². The van der Waals surface area contributed by atoms with Gasteiger partial charge in [0.2, 0.25) is 0 Å². The van der Waals surface area contributed by atoms with E-state index < -0.39 is 0 Å². The van der Waals surface area contributed by atoms with Crippen molar-refractivity contribution >= 4 is 194 Å². The van der Waals surface area contributed by atoms with E-state index in [2.05, 4.69) is 384 Å². The first-order chi connectivity index (χ1) is 48.6. The van der Waals surface area contributed by atoms with Gasteiger partial charge in [0.1, 0.15) is 0 Å². The molecule has 0 bridgehead atoms. The highest BCUT2D eigenvalue weighted by Gasteiger charge is 2.24. The molecular weight excluding hydrogens is 1270 g/mol. The fourth-order valence-corrected chi connectivity index (χ4v) is 18.6. The van der Waals surface area contributed by atoms with Crippen molar-refractivity contribution in [2.45, 2.75) is 0 Å². The first kappa shape index (κ1) is 58.9. The monoisotopic (exact) mass is 1320 g/mol. The second kappa shape index (κ2) is 25.5. The molecule has 0 fully saturated rings. The van der Waals surface area contributed by atoms with Crippen LogP contribution in [0, 0.1) is 0 Å². The lowest BCUT2D eigenvalue weighted by molar-refractivity contribution is 1.29. The summed E-state index contributed by atoms with van der Waals surface area (Å²) < 4.78 is 10.3. The molecule has 0 N–H and O–H groups in total. The molecule has 0 aliphatic rings. The second-order valence-electron chi connectivity index (χ2n) is 24.4. The fourth-order valence-electron chi connectivity index (χ4n) is 14.0. The Morgan fingerprint density at radius 1 is 0.153 bits per heavy atom. The summed E-state index contributed by atoms with van der Waals surface area (Å²) in [5.74, 6) is 0. The predicted molar refractivity (Wildman–Crippen MR) is 429 cm³/mol. The van der Waals surface area contributed by atoms with Crippen LogP contribution < -0.4 is 19.6 Å². The molecule has 0 radical (unpaired) electrons. The summed E-state index contributed by atoms with van der Waals surface area (Å²) in [6, 6.07) is 131. The number of rotatable bonds is 13. The van der Waals surface area contributed by atoms with Crippen molar-refractivity contribution in [2.75, 3.05) is 19.6 Å². The Balaban J connectivity index is 0.000000143. The van der Waals surface area contributed by atoms with E-state index in [0.29, 0.717) is 0 Å². The van der Waals surface area contributed by atoms with Gasteiger partial charge in [-0.2, -0.15) is 0 Å². The maximum atomic E-state index is 2.43. The number of benzene rings is 15. The van der Waals surface area contributed by atoms with E-state index in [-0.39, 0.29) is 0 Å². The average Bonchev–Trinajstić information content (AvgIpc) is 1.57. The highest BCUT2D eigenvalue weighted by atomic mass is 32.1. The van der Waals surface area contributed by atoms with E-state index in [1.807, 2.05) is 45.3 Å². The van der Waals surface area contributed by atoms with Crippen molar-refractivity contribution < 1.29 is 0 Å². The van der Waals surface area contributed by atoms with Crippen LogP contribution >= 0.6 is 45.3 Å². The number of para-hydroxylation sites is 5. The molecule has 0 saturated carbocycles. The van der Waals surface area contributed by atoms with E-state index in [9.17, 15) is 0 Å². The predicted octanol–water partition coefficient (Wildman–Crippen LogP) is 28.4. The highest BCUT2D eigenvalue weighted by molar-refractivity contribution is 7.27. The molecular formula is C90H60N4S4. The van der Waals surface area contributed by atoms with E-state index in [1.54, 1.807) is 0 Å². The zero-order valence-corrected chi connectivity index (χ0v) is 56.3. The Labute approximate surface area is 584 Å². The molecule has 0 amide bonds. The number of nitrogens with zero attached hydrogens (tertiary/aromatic N) is 4.